The first kappa shape index (κ1) is 23.5. The molecule has 0 unspecified atom stereocenters. The summed E-state index contributed by atoms with van der Waals surface area (Å²) in [5.74, 6) is 0.706. The van der Waals surface area contributed by atoms with Gasteiger partial charge in [0, 0.05) is 52.5 Å². The minimum atomic E-state index is -0.574. The zero-order valence-electron chi connectivity index (χ0n) is 20.5. The van der Waals surface area contributed by atoms with Gasteiger partial charge in [-0.15, -0.1) is 0 Å². The summed E-state index contributed by atoms with van der Waals surface area (Å²) in [6.07, 6.45) is 3.70. The number of nitrogens with one attached hydrogen (secondary N) is 1. The van der Waals surface area contributed by atoms with Crippen LogP contribution in [0.3, 0.4) is 0 Å². The number of methoxy groups -OCH3 is 2. The van der Waals surface area contributed by atoms with E-state index >= 15 is 0 Å². The van der Waals surface area contributed by atoms with Crippen molar-refractivity contribution in [2.24, 2.45) is 18.9 Å². The van der Waals surface area contributed by atoms with E-state index in [0.717, 1.165) is 56.2 Å². The van der Waals surface area contributed by atoms with Crippen LogP contribution in [0.1, 0.15) is 7.85 Å². The fourth-order valence-corrected chi connectivity index (χ4v) is 4.93. The van der Waals surface area contributed by atoms with Crippen LogP contribution >= 0.6 is 0 Å². The van der Waals surface area contributed by atoms with Crippen molar-refractivity contribution >= 4 is 22.6 Å². The summed E-state index contributed by atoms with van der Waals surface area (Å²) in [5, 5.41) is 3.84. The smallest absolute Gasteiger partial charge is 0.228 e. The lowest BCUT2D eigenvalue weighted by Crippen LogP contribution is -2.45. The van der Waals surface area contributed by atoms with Crippen LogP contribution in [0, 0.1) is 17.7 Å². The molecule has 188 valence electrons. The lowest BCUT2D eigenvalue weighted by molar-refractivity contribution is -0.117. The molecule has 0 radical (unpaired) electrons. The number of fused-ring (bicyclic) bond motifs is 1. The predicted octanol–water partition coefficient (Wildman–Crippen LogP) is 2.86. The van der Waals surface area contributed by atoms with E-state index in [-0.39, 0.29) is 24.9 Å². The average Bonchev–Trinajstić information content (AvgIpc) is 3.55. The Balaban J connectivity index is 0.00000304. The van der Waals surface area contributed by atoms with Crippen LogP contribution in [0.25, 0.3) is 22.2 Å². The van der Waals surface area contributed by atoms with Crippen LogP contribution < -0.4 is 14.8 Å². The van der Waals surface area contributed by atoms with Crippen LogP contribution in [0.4, 0.5) is 10.2 Å². The Morgan fingerprint density at radius 3 is 2.63 bits per heavy atom. The first-order valence-corrected chi connectivity index (χ1v) is 11.8. The van der Waals surface area contributed by atoms with E-state index in [2.05, 4.69) is 32.1 Å². The van der Waals surface area contributed by atoms with Gasteiger partial charge in [0.2, 0.25) is 11.8 Å². The van der Waals surface area contributed by atoms with Crippen molar-refractivity contribution in [1.29, 1.82) is 0 Å². The molecule has 5 rings (SSSR count). The minimum absolute atomic E-state index is 0. The first-order valence-electron chi connectivity index (χ1n) is 11.8. The molecule has 9 nitrogen and oxygen atoms in total. The quantitative estimate of drug-likeness (QED) is 0.552. The molecule has 3 aromatic heterocycles. The van der Waals surface area contributed by atoms with E-state index in [1.165, 1.54) is 14.2 Å². The Labute approximate surface area is 205 Å². The summed E-state index contributed by atoms with van der Waals surface area (Å²) in [7, 11) is 6.89. The number of ether oxygens (including phenoxy) is 2. The Hall–Kier alpha value is -3.24. The number of amides is 1. The molecule has 0 bridgehead atoms. The SMILES string of the molecule is COc1ncc(F)c(OC)c1-c1cc2cc(NC(=O)[C@H]3C[C@@H]3CN3CCN(C)CC3)ncc2n1C.[HH]. The van der Waals surface area contributed by atoms with Gasteiger partial charge < -0.3 is 29.2 Å². The molecule has 1 N–H and O–H groups in total. The molecule has 2 fully saturated rings. The standard InChI is InChI=1S/C25H31FN6O3.H2/c1-30-5-7-32(8-6-30)14-16-9-17(16)24(33)29-21-11-15-10-19(31(2)20(15)13-27-21)22-23(34-3)18(26)12-28-25(22)35-4;/h10-13,16-17H,5-9,14H2,1-4H3,(H,27,29,33);1H/t16-,17+;/m1./s1. The number of aromatic nitrogens is 3. The molecule has 2 aliphatic rings. The van der Waals surface area contributed by atoms with Crippen molar-refractivity contribution in [3.05, 3.63) is 30.3 Å². The van der Waals surface area contributed by atoms with E-state index in [9.17, 15) is 9.18 Å². The number of piperazine rings is 1. The number of rotatable bonds is 7. The number of carbonyl (C=O) groups excluding carboxylic acids is 1. The number of pyridine rings is 2. The van der Waals surface area contributed by atoms with E-state index in [1.54, 1.807) is 6.20 Å². The van der Waals surface area contributed by atoms with Crippen molar-refractivity contribution in [2.75, 3.05) is 59.3 Å². The van der Waals surface area contributed by atoms with Crippen LogP contribution in [-0.4, -0.2) is 84.2 Å². The molecule has 1 aliphatic heterocycles. The van der Waals surface area contributed by atoms with Crippen molar-refractivity contribution < 1.29 is 20.1 Å². The van der Waals surface area contributed by atoms with E-state index in [4.69, 9.17) is 9.47 Å². The largest absolute Gasteiger partial charge is 0.493 e. The summed E-state index contributed by atoms with van der Waals surface area (Å²) in [6, 6.07) is 3.72. The summed E-state index contributed by atoms with van der Waals surface area (Å²) in [4.78, 5) is 26.2. The highest BCUT2D eigenvalue weighted by atomic mass is 19.1. The summed E-state index contributed by atoms with van der Waals surface area (Å²) >= 11 is 0. The number of carbonyl (C=O) groups is 1. The molecular formula is C25H33FN6O3. The normalized spacial score (nSPS) is 20.7. The van der Waals surface area contributed by atoms with Gasteiger partial charge in [-0.2, -0.15) is 0 Å². The monoisotopic (exact) mass is 484 g/mol. The van der Waals surface area contributed by atoms with Gasteiger partial charge in [-0.05, 0) is 31.5 Å². The van der Waals surface area contributed by atoms with Crippen molar-refractivity contribution in [2.45, 2.75) is 6.42 Å². The minimum Gasteiger partial charge on any atom is -0.493 e. The third-order valence-electron chi connectivity index (χ3n) is 7.13. The predicted molar refractivity (Wildman–Crippen MR) is 133 cm³/mol. The number of hydrogen-bond acceptors (Lipinski definition) is 7. The van der Waals surface area contributed by atoms with Crippen molar-refractivity contribution in [3.8, 4) is 22.9 Å². The maximum Gasteiger partial charge on any atom is 0.228 e. The summed E-state index contributed by atoms with van der Waals surface area (Å²) in [5.41, 5.74) is 1.91. The molecule has 2 atom stereocenters. The van der Waals surface area contributed by atoms with Gasteiger partial charge in [-0.1, -0.05) is 0 Å². The highest BCUT2D eigenvalue weighted by molar-refractivity contribution is 5.96. The van der Waals surface area contributed by atoms with Crippen LogP contribution in [0.15, 0.2) is 24.5 Å². The molecule has 0 spiro atoms. The van der Waals surface area contributed by atoms with E-state index < -0.39 is 5.82 Å². The second-order valence-electron chi connectivity index (χ2n) is 9.44. The second-order valence-corrected chi connectivity index (χ2v) is 9.44. The Kier molecular flexibility index (Phi) is 6.33. The van der Waals surface area contributed by atoms with Gasteiger partial charge >= 0.3 is 0 Å². The number of aryl methyl sites for hydroxylation is 1. The van der Waals surface area contributed by atoms with Crippen molar-refractivity contribution in [3.63, 3.8) is 0 Å². The van der Waals surface area contributed by atoms with Crippen LogP contribution in [0.2, 0.25) is 0 Å². The maximum absolute atomic E-state index is 14.4. The van der Waals surface area contributed by atoms with Gasteiger partial charge in [0.1, 0.15) is 11.4 Å². The van der Waals surface area contributed by atoms with E-state index in [1.807, 2.05) is 23.7 Å². The summed E-state index contributed by atoms with van der Waals surface area (Å²) < 4.78 is 27.0. The number of nitrogens with zero attached hydrogens (tertiary/aromatic N) is 5. The van der Waals surface area contributed by atoms with Gasteiger partial charge in [-0.3, -0.25) is 4.79 Å². The van der Waals surface area contributed by atoms with Gasteiger partial charge in [0.05, 0.1) is 37.8 Å². The Morgan fingerprint density at radius 2 is 1.91 bits per heavy atom. The number of anilines is 1. The third-order valence-corrected chi connectivity index (χ3v) is 7.13. The zero-order chi connectivity index (χ0) is 24.7. The topological polar surface area (TPSA) is 84.8 Å². The van der Waals surface area contributed by atoms with Gasteiger partial charge in [0.15, 0.2) is 11.6 Å². The highest BCUT2D eigenvalue weighted by Gasteiger charge is 2.44. The molecule has 1 aliphatic carbocycles. The lowest BCUT2D eigenvalue weighted by atomic mass is 10.1. The third kappa shape index (κ3) is 4.55. The Bertz CT molecular complexity index is 1260. The number of hydrogen-bond donors (Lipinski definition) is 1. The van der Waals surface area contributed by atoms with E-state index in [0.29, 0.717) is 23.0 Å². The molecule has 1 saturated carbocycles. The molecule has 0 aromatic carbocycles. The first-order chi connectivity index (χ1) is 16.9. The van der Waals surface area contributed by atoms with Crippen LogP contribution in [0.5, 0.6) is 11.6 Å². The average molecular weight is 485 g/mol. The highest BCUT2D eigenvalue weighted by Crippen LogP contribution is 2.42. The van der Waals surface area contributed by atoms with Gasteiger partial charge in [0.25, 0.3) is 0 Å². The van der Waals surface area contributed by atoms with Gasteiger partial charge in [-0.25, -0.2) is 14.4 Å². The van der Waals surface area contributed by atoms with Crippen LogP contribution in [-0.2, 0) is 11.8 Å². The molecule has 1 saturated heterocycles. The fourth-order valence-electron chi connectivity index (χ4n) is 4.93. The Morgan fingerprint density at radius 1 is 1.14 bits per heavy atom. The molecule has 1 amide bonds. The zero-order valence-corrected chi connectivity index (χ0v) is 20.5. The maximum atomic E-state index is 14.4. The molecule has 3 aromatic rings. The molecule has 4 heterocycles. The molecule has 10 heteroatoms. The molecule has 35 heavy (non-hydrogen) atoms. The molecular weight excluding hydrogens is 451 g/mol. The van der Waals surface area contributed by atoms with Crippen molar-refractivity contribution in [1.82, 2.24) is 24.3 Å². The summed E-state index contributed by atoms with van der Waals surface area (Å²) in [6.45, 7) is 5.26. The lowest BCUT2D eigenvalue weighted by Gasteiger charge is -2.32. The second kappa shape index (κ2) is 9.43. The fraction of sp³-hybridized carbons (Fsp3) is 0.480. The number of likely N-dealkylation sites (N-methyl/N-ethyl adjacent to an activating group) is 1. The number of halogens is 1.